The summed E-state index contributed by atoms with van der Waals surface area (Å²) >= 11 is 13.7. The molecule has 2 N–H and O–H groups in total. The van der Waals surface area contributed by atoms with Crippen LogP contribution in [0, 0.1) is 0 Å². The fourth-order valence-electron chi connectivity index (χ4n) is 1.46. The molecule has 0 saturated heterocycles. The SMILES string of the molecule is CSC(C)(C)CNCC(O)c1cc(Cl)ccc1Cl. The van der Waals surface area contributed by atoms with Crippen molar-refractivity contribution in [1.82, 2.24) is 5.32 Å². The van der Waals surface area contributed by atoms with Crippen molar-refractivity contribution in [1.29, 1.82) is 0 Å². The van der Waals surface area contributed by atoms with Gasteiger partial charge in [0.2, 0.25) is 0 Å². The van der Waals surface area contributed by atoms with E-state index >= 15 is 0 Å². The van der Waals surface area contributed by atoms with Gasteiger partial charge in [0.15, 0.2) is 0 Å². The molecule has 1 rings (SSSR count). The maximum atomic E-state index is 10.1. The van der Waals surface area contributed by atoms with Crippen LogP contribution in [-0.2, 0) is 0 Å². The van der Waals surface area contributed by atoms with Crippen LogP contribution in [0.25, 0.3) is 0 Å². The van der Waals surface area contributed by atoms with Crippen molar-refractivity contribution in [3.05, 3.63) is 33.8 Å². The molecule has 18 heavy (non-hydrogen) atoms. The maximum Gasteiger partial charge on any atom is 0.0929 e. The highest BCUT2D eigenvalue weighted by Gasteiger charge is 2.17. The first-order valence-electron chi connectivity index (χ1n) is 5.74. The normalized spacial score (nSPS) is 13.7. The molecule has 0 aromatic heterocycles. The summed E-state index contributed by atoms with van der Waals surface area (Å²) < 4.78 is 0.151. The molecule has 5 heteroatoms. The van der Waals surface area contributed by atoms with E-state index in [9.17, 15) is 5.11 Å². The number of benzene rings is 1. The van der Waals surface area contributed by atoms with Gasteiger partial charge in [-0.15, -0.1) is 0 Å². The van der Waals surface area contributed by atoms with Crippen molar-refractivity contribution in [2.45, 2.75) is 24.7 Å². The van der Waals surface area contributed by atoms with Crippen LogP contribution in [0.2, 0.25) is 10.0 Å². The minimum Gasteiger partial charge on any atom is -0.387 e. The molecule has 102 valence electrons. The first-order valence-corrected chi connectivity index (χ1v) is 7.72. The van der Waals surface area contributed by atoms with Crippen molar-refractivity contribution < 1.29 is 5.11 Å². The van der Waals surface area contributed by atoms with Gasteiger partial charge >= 0.3 is 0 Å². The predicted octanol–water partition coefficient (Wildman–Crippen LogP) is 3.76. The summed E-state index contributed by atoms with van der Waals surface area (Å²) in [6.07, 6.45) is 1.43. The Morgan fingerprint density at radius 3 is 2.67 bits per heavy atom. The van der Waals surface area contributed by atoms with Gasteiger partial charge in [0.1, 0.15) is 0 Å². The Kier molecular flexibility index (Phi) is 6.28. The summed E-state index contributed by atoms with van der Waals surface area (Å²) in [5, 5.41) is 14.5. The second-order valence-corrected chi connectivity index (χ2v) is 7.13. The van der Waals surface area contributed by atoms with Crippen molar-refractivity contribution in [3.8, 4) is 0 Å². The van der Waals surface area contributed by atoms with E-state index in [0.29, 0.717) is 22.2 Å². The lowest BCUT2D eigenvalue weighted by Gasteiger charge is -2.23. The molecule has 0 amide bonds. The molecule has 1 atom stereocenters. The van der Waals surface area contributed by atoms with Gasteiger partial charge in [0, 0.05) is 33.4 Å². The monoisotopic (exact) mass is 307 g/mol. The number of aliphatic hydroxyl groups excluding tert-OH is 1. The summed E-state index contributed by atoms with van der Waals surface area (Å²) in [5.74, 6) is 0. The van der Waals surface area contributed by atoms with Crippen molar-refractivity contribution >= 4 is 35.0 Å². The number of rotatable bonds is 6. The molecule has 0 bridgehead atoms. The zero-order valence-electron chi connectivity index (χ0n) is 10.8. The highest BCUT2D eigenvalue weighted by atomic mass is 35.5. The van der Waals surface area contributed by atoms with Crippen LogP contribution in [0.5, 0.6) is 0 Å². The molecule has 1 aromatic rings. The molecule has 0 aliphatic rings. The molecule has 0 aliphatic carbocycles. The molecule has 0 spiro atoms. The Hall–Kier alpha value is 0.0700. The smallest absolute Gasteiger partial charge is 0.0929 e. The molecular formula is C13H19Cl2NOS. The van der Waals surface area contributed by atoms with E-state index in [1.807, 2.05) is 0 Å². The molecule has 1 aromatic carbocycles. The summed E-state index contributed by atoms with van der Waals surface area (Å²) in [4.78, 5) is 0. The third kappa shape index (κ3) is 4.98. The molecule has 0 radical (unpaired) electrons. The third-order valence-electron chi connectivity index (χ3n) is 2.76. The summed E-state index contributed by atoms with van der Waals surface area (Å²) in [5.41, 5.74) is 0.665. The lowest BCUT2D eigenvalue weighted by molar-refractivity contribution is 0.174. The van der Waals surface area contributed by atoms with Gasteiger partial charge in [-0.25, -0.2) is 0 Å². The van der Waals surface area contributed by atoms with Gasteiger partial charge in [-0.1, -0.05) is 23.2 Å². The summed E-state index contributed by atoms with van der Waals surface area (Å²) in [6, 6.07) is 5.12. The minimum atomic E-state index is -0.645. The first kappa shape index (κ1) is 16.1. The Morgan fingerprint density at radius 2 is 2.06 bits per heavy atom. The van der Waals surface area contributed by atoms with Gasteiger partial charge < -0.3 is 10.4 Å². The van der Waals surface area contributed by atoms with Gasteiger partial charge in [-0.05, 0) is 38.3 Å². The quantitative estimate of drug-likeness (QED) is 0.839. The summed E-state index contributed by atoms with van der Waals surface area (Å²) in [6.45, 7) is 5.60. The van der Waals surface area contributed by atoms with Gasteiger partial charge in [-0.2, -0.15) is 11.8 Å². The Morgan fingerprint density at radius 1 is 1.39 bits per heavy atom. The topological polar surface area (TPSA) is 32.3 Å². The van der Waals surface area contributed by atoms with E-state index in [1.54, 1.807) is 30.0 Å². The van der Waals surface area contributed by atoms with E-state index in [4.69, 9.17) is 23.2 Å². The first-order chi connectivity index (χ1) is 8.35. The predicted molar refractivity (Wildman–Crippen MR) is 81.9 cm³/mol. The zero-order valence-corrected chi connectivity index (χ0v) is 13.2. The van der Waals surface area contributed by atoms with Gasteiger partial charge in [0.05, 0.1) is 6.10 Å². The highest BCUT2D eigenvalue weighted by molar-refractivity contribution is 7.99. The molecule has 2 nitrogen and oxygen atoms in total. The number of nitrogens with one attached hydrogen (secondary N) is 1. The Bertz CT molecular complexity index is 399. The largest absolute Gasteiger partial charge is 0.387 e. The second kappa shape index (κ2) is 7.01. The fourth-order valence-corrected chi connectivity index (χ4v) is 2.13. The number of hydrogen-bond donors (Lipinski definition) is 2. The molecule has 0 heterocycles. The zero-order chi connectivity index (χ0) is 13.8. The average Bonchev–Trinajstić information content (AvgIpc) is 2.32. The Labute approximate surface area is 123 Å². The average molecular weight is 308 g/mol. The minimum absolute atomic E-state index is 0.151. The Balaban J connectivity index is 2.55. The lowest BCUT2D eigenvalue weighted by atomic mass is 10.1. The van der Waals surface area contributed by atoms with Crippen LogP contribution < -0.4 is 5.32 Å². The van der Waals surface area contributed by atoms with Crippen LogP contribution in [0.3, 0.4) is 0 Å². The maximum absolute atomic E-state index is 10.1. The standard InChI is InChI=1S/C13H19Cl2NOS/c1-13(2,18-3)8-16-7-12(17)10-6-9(14)4-5-11(10)15/h4-6,12,16-17H,7-8H2,1-3H3. The molecule has 0 saturated carbocycles. The van der Waals surface area contributed by atoms with E-state index in [0.717, 1.165) is 6.54 Å². The van der Waals surface area contributed by atoms with E-state index in [-0.39, 0.29) is 4.75 Å². The van der Waals surface area contributed by atoms with Crippen LogP contribution in [0.15, 0.2) is 18.2 Å². The number of hydrogen-bond acceptors (Lipinski definition) is 3. The number of aliphatic hydroxyl groups is 1. The summed E-state index contributed by atoms with van der Waals surface area (Å²) in [7, 11) is 0. The van der Waals surface area contributed by atoms with Crippen molar-refractivity contribution in [2.75, 3.05) is 19.3 Å². The van der Waals surface area contributed by atoms with E-state index in [2.05, 4.69) is 25.4 Å². The molecule has 0 aliphatic heterocycles. The number of halogens is 2. The van der Waals surface area contributed by atoms with E-state index < -0.39 is 6.10 Å². The molecule has 0 fully saturated rings. The third-order valence-corrected chi connectivity index (χ3v) is 4.59. The highest BCUT2D eigenvalue weighted by Crippen LogP contribution is 2.26. The fraction of sp³-hybridized carbons (Fsp3) is 0.538. The van der Waals surface area contributed by atoms with Crippen LogP contribution in [0.4, 0.5) is 0 Å². The van der Waals surface area contributed by atoms with Crippen molar-refractivity contribution in [2.24, 2.45) is 0 Å². The second-order valence-electron chi connectivity index (χ2n) is 4.78. The van der Waals surface area contributed by atoms with Crippen LogP contribution >= 0.6 is 35.0 Å². The van der Waals surface area contributed by atoms with Crippen LogP contribution in [0.1, 0.15) is 25.5 Å². The van der Waals surface area contributed by atoms with Gasteiger partial charge in [0.25, 0.3) is 0 Å². The molecular weight excluding hydrogens is 289 g/mol. The molecule has 1 unspecified atom stereocenters. The van der Waals surface area contributed by atoms with Crippen molar-refractivity contribution in [3.63, 3.8) is 0 Å². The van der Waals surface area contributed by atoms with Crippen LogP contribution in [-0.4, -0.2) is 29.2 Å². The van der Waals surface area contributed by atoms with E-state index in [1.165, 1.54) is 0 Å². The lowest BCUT2D eigenvalue weighted by Crippen LogP contribution is -2.34. The number of thioether (sulfide) groups is 1. The van der Waals surface area contributed by atoms with Gasteiger partial charge in [-0.3, -0.25) is 0 Å².